The van der Waals surface area contributed by atoms with Crippen LogP contribution in [0.1, 0.15) is 65.2 Å². The average molecular weight is 250 g/mol. The van der Waals surface area contributed by atoms with Crippen molar-refractivity contribution < 1.29 is 4.79 Å². The molecular weight excluding hydrogens is 224 g/mol. The molecule has 2 aliphatic carbocycles. The van der Waals surface area contributed by atoms with E-state index in [-0.39, 0.29) is 5.54 Å². The lowest BCUT2D eigenvalue weighted by Gasteiger charge is -2.27. The van der Waals surface area contributed by atoms with E-state index in [1.165, 1.54) is 25.7 Å². The van der Waals surface area contributed by atoms with Crippen molar-refractivity contribution in [1.29, 1.82) is 0 Å². The Hall–Kier alpha value is -0.570. The van der Waals surface area contributed by atoms with Crippen LogP contribution in [-0.2, 0) is 4.79 Å². The molecule has 0 aromatic carbocycles. The molecule has 3 aliphatic rings. The van der Waals surface area contributed by atoms with Crippen LogP contribution in [0.5, 0.6) is 0 Å². The molecular formula is C15H26N2O. The Morgan fingerprint density at radius 3 is 2.50 bits per heavy atom. The molecule has 2 saturated carbocycles. The van der Waals surface area contributed by atoms with Crippen molar-refractivity contribution in [2.24, 2.45) is 5.41 Å². The Morgan fingerprint density at radius 1 is 1.28 bits per heavy atom. The Kier molecular flexibility index (Phi) is 2.92. The normalized spacial score (nSPS) is 32.4. The van der Waals surface area contributed by atoms with Crippen molar-refractivity contribution in [2.45, 2.75) is 76.9 Å². The van der Waals surface area contributed by atoms with E-state index >= 15 is 0 Å². The van der Waals surface area contributed by atoms with Gasteiger partial charge in [0.1, 0.15) is 0 Å². The van der Waals surface area contributed by atoms with Crippen molar-refractivity contribution in [3.05, 3.63) is 0 Å². The van der Waals surface area contributed by atoms with Gasteiger partial charge in [0, 0.05) is 6.54 Å². The van der Waals surface area contributed by atoms with Crippen LogP contribution in [0.15, 0.2) is 0 Å². The number of nitrogens with zero attached hydrogens (tertiary/aromatic N) is 1. The third-order valence-corrected chi connectivity index (χ3v) is 5.16. The maximum Gasteiger partial charge on any atom is 0.244 e. The van der Waals surface area contributed by atoms with E-state index in [1.807, 2.05) is 0 Å². The van der Waals surface area contributed by atoms with Gasteiger partial charge < -0.3 is 4.90 Å². The molecule has 1 saturated heterocycles. The summed E-state index contributed by atoms with van der Waals surface area (Å²) in [5.74, 6) is 0.409. The van der Waals surface area contributed by atoms with Gasteiger partial charge in [-0.25, -0.2) is 0 Å². The molecule has 18 heavy (non-hydrogen) atoms. The van der Waals surface area contributed by atoms with Crippen LogP contribution in [0.3, 0.4) is 0 Å². The predicted octanol–water partition coefficient (Wildman–Crippen LogP) is 2.66. The lowest BCUT2D eigenvalue weighted by molar-refractivity contribution is -0.134. The summed E-state index contributed by atoms with van der Waals surface area (Å²) in [5.41, 5.74) is 0.249. The molecule has 1 spiro atoms. The van der Waals surface area contributed by atoms with E-state index in [2.05, 4.69) is 24.1 Å². The zero-order chi connectivity index (χ0) is 12.8. The van der Waals surface area contributed by atoms with E-state index in [1.54, 1.807) is 0 Å². The van der Waals surface area contributed by atoms with Gasteiger partial charge >= 0.3 is 0 Å². The SMILES string of the molecule is CCCC1NC2(CCCC2)C(=O)N1CC1(C)CC1. The first kappa shape index (κ1) is 12.5. The summed E-state index contributed by atoms with van der Waals surface area (Å²) >= 11 is 0. The molecule has 1 heterocycles. The first-order valence-corrected chi connectivity index (χ1v) is 7.67. The molecule has 1 atom stereocenters. The van der Waals surface area contributed by atoms with Crippen molar-refractivity contribution in [3.63, 3.8) is 0 Å². The minimum Gasteiger partial charge on any atom is -0.325 e. The maximum atomic E-state index is 12.8. The van der Waals surface area contributed by atoms with Crippen molar-refractivity contribution in [3.8, 4) is 0 Å². The summed E-state index contributed by atoms with van der Waals surface area (Å²) in [7, 11) is 0. The number of nitrogens with one attached hydrogen (secondary N) is 1. The second-order valence-corrected chi connectivity index (χ2v) is 6.98. The number of hydrogen-bond acceptors (Lipinski definition) is 2. The van der Waals surface area contributed by atoms with E-state index in [0.717, 1.165) is 32.2 Å². The van der Waals surface area contributed by atoms with Crippen LogP contribution in [0.25, 0.3) is 0 Å². The van der Waals surface area contributed by atoms with Gasteiger partial charge in [0.05, 0.1) is 11.7 Å². The van der Waals surface area contributed by atoms with Crippen molar-refractivity contribution in [2.75, 3.05) is 6.54 Å². The first-order chi connectivity index (χ1) is 8.59. The fourth-order valence-corrected chi connectivity index (χ4v) is 3.68. The van der Waals surface area contributed by atoms with Gasteiger partial charge in [-0.3, -0.25) is 10.1 Å². The highest BCUT2D eigenvalue weighted by Crippen LogP contribution is 2.47. The molecule has 0 aromatic heterocycles. The standard InChI is InChI=1S/C15H26N2O/c1-3-6-12-16-15(7-4-5-8-15)13(18)17(12)11-14(2)9-10-14/h12,16H,3-11H2,1-2H3. The molecule has 3 fully saturated rings. The van der Waals surface area contributed by atoms with Gasteiger partial charge in [0.25, 0.3) is 0 Å². The minimum atomic E-state index is -0.176. The summed E-state index contributed by atoms with van der Waals surface area (Å²) in [6.45, 7) is 5.51. The quantitative estimate of drug-likeness (QED) is 0.832. The van der Waals surface area contributed by atoms with Crippen LogP contribution in [0.2, 0.25) is 0 Å². The van der Waals surface area contributed by atoms with Gasteiger partial charge in [-0.2, -0.15) is 0 Å². The van der Waals surface area contributed by atoms with Crippen LogP contribution < -0.4 is 5.32 Å². The highest BCUT2D eigenvalue weighted by Gasteiger charge is 2.54. The Morgan fingerprint density at radius 2 is 1.94 bits per heavy atom. The minimum absolute atomic E-state index is 0.176. The number of rotatable bonds is 4. The summed E-state index contributed by atoms with van der Waals surface area (Å²) in [4.78, 5) is 15.0. The zero-order valence-corrected chi connectivity index (χ0v) is 11.8. The Balaban J connectivity index is 1.77. The van der Waals surface area contributed by atoms with Crippen molar-refractivity contribution in [1.82, 2.24) is 10.2 Å². The number of carbonyl (C=O) groups is 1. The molecule has 3 nitrogen and oxygen atoms in total. The molecule has 0 aromatic rings. The maximum absolute atomic E-state index is 12.8. The van der Waals surface area contributed by atoms with Gasteiger partial charge in [0.15, 0.2) is 0 Å². The summed E-state index contributed by atoms with van der Waals surface area (Å²) in [6.07, 6.45) is 9.67. The third kappa shape index (κ3) is 1.97. The van der Waals surface area contributed by atoms with Crippen LogP contribution in [0, 0.1) is 5.41 Å². The highest BCUT2D eigenvalue weighted by atomic mass is 16.2. The van der Waals surface area contributed by atoms with Crippen LogP contribution in [0.4, 0.5) is 0 Å². The Labute approximate surface area is 110 Å². The fraction of sp³-hybridized carbons (Fsp3) is 0.933. The van der Waals surface area contributed by atoms with E-state index in [0.29, 0.717) is 17.5 Å². The van der Waals surface area contributed by atoms with Crippen LogP contribution >= 0.6 is 0 Å². The summed E-state index contributed by atoms with van der Waals surface area (Å²) in [5, 5.41) is 3.69. The monoisotopic (exact) mass is 250 g/mol. The lowest BCUT2D eigenvalue weighted by atomic mass is 9.97. The summed E-state index contributed by atoms with van der Waals surface area (Å²) in [6, 6.07) is 0. The molecule has 0 bridgehead atoms. The fourth-order valence-electron chi connectivity index (χ4n) is 3.68. The first-order valence-electron chi connectivity index (χ1n) is 7.67. The largest absolute Gasteiger partial charge is 0.325 e. The van der Waals surface area contributed by atoms with Crippen molar-refractivity contribution >= 4 is 5.91 Å². The van der Waals surface area contributed by atoms with Gasteiger partial charge in [0.2, 0.25) is 5.91 Å². The highest BCUT2D eigenvalue weighted by molar-refractivity contribution is 5.89. The van der Waals surface area contributed by atoms with Gasteiger partial charge in [-0.15, -0.1) is 0 Å². The third-order valence-electron chi connectivity index (χ3n) is 5.16. The summed E-state index contributed by atoms with van der Waals surface area (Å²) < 4.78 is 0. The average Bonchev–Trinajstić information content (AvgIpc) is 2.81. The van der Waals surface area contributed by atoms with E-state index < -0.39 is 0 Å². The molecule has 1 N–H and O–H groups in total. The molecule has 3 heteroatoms. The topological polar surface area (TPSA) is 32.3 Å². The smallest absolute Gasteiger partial charge is 0.244 e. The van der Waals surface area contributed by atoms with E-state index in [9.17, 15) is 4.79 Å². The molecule has 0 radical (unpaired) electrons. The molecule has 1 unspecified atom stereocenters. The molecule has 1 amide bonds. The lowest BCUT2D eigenvalue weighted by Crippen LogP contribution is -2.44. The molecule has 3 rings (SSSR count). The van der Waals surface area contributed by atoms with Gasteiger partial charge in [-0.05, 0) is 37.5 Å². The number of amides is 1. The predicted molar refractivity (Wildman–Crippen MR) is 72.1 cm³/mol. The second-order valence-electron chi connectivity index (χ2n) is 6.98. The second kappa shape index (κ2) is 4.22. The number of carbonyl (C=O) groups excluding carboxylic acids is 1. The number of hydrogen-bond donors (Lipinski definition) is 1. The van der Waals surface area contributed by atoms with Gasteiger partial charge in [-0.1, -0.05) is 33.1 Å². The molecule has 1 aliphatic heterocycles. The van der Waals surface area contributed by atoms with Crippen LogP contribution in [-0.4, -0.2) is 29.1 Å². The Bertz CT molecular complexity index is 342. The van der Waals surface area contributed by atoms with E-state index in [4.69, 9.17) is 0 Å². The zero-order valence-electron chi connectivity index (χ0n) is 11.8. The molecule has 102 valence electrons.